The van der Waals surface area contributed by atoms with Crippen molar-refractivity contribution < 1.29 is 19.4 Å². The standard InChI is InChI=1S/C19H18N4O6S/c1-3-29-7-6-21-16-5-4-12(2)8-17(16)30-19(21)20-18(24)13-9-14(22(25)26)11-15(10-13)23(27)28/h4-5,8-11H,3,6-7H2,1-2H3. The van der Waals surface area contributed by atoms with Crippen molar-refractivity contribution in [3.8, 4) is 0 Å². The lowest BCUT2D eigenvalue weighted by molar-refractivity contribution is -0.394. The molecular formula is C19H18N4O6S. The predicted molar refractivity (Wildman–Crippen MR) is 111 cm³/mol. The largest absolute Gasteiger partial charge is 0.380 e. The summed E-state index contributed by atoms with van der Waals surface area (Å²) in [6.07, 6.45) is 0. The Morgan fingerprint density at radius 2 is 1.80 bits per heavy atom. The highest BCUT2D eigenvalue weighted by Gasteiger charge is 2.20. The van der Waals surface area contributed by atoms with E-state index in [2.05, 4.69) is 4.99 Å². The van der Waals surface area contributed by atoms with Crippen LogP contribution in [-0.2, 0) is 11.3 Å². The molecular weight excluding hydrogens is 412 g/mol. The molecule has 0 spiro atoms. The maximum Gasteiger partial charge on any atom is 0.280 e. The third kappa shape index (κ3) is 4.58. The summed E-state index contributed by atoms with van der Waals surface area (Å²) in [4.78, 5) is 37.8. The van der Waals surface area contributed by atoms with E-state index in [4.69, 9.17) is 4.74 Å². The zero-order valence-electron chi connectivity index (χ0n) is 16.2. The first kappa shape index (κ1) is 21.3. The second-order valence-electron chi connectivity index (χ2n) is 6.37. The molecule has 0 atom stereocenters. The number of ether oxygens (including phenoxy) is 1. The summed E-state index contributed by atoms with van der Waals surface area (Å²) in [5, 5.41) is 22.2. The normalized spacial score (nSPS) is 11.7. The zero-order valence-corrected chi connectivity index (χ0v) is 17.0. The van der Waals surface area contributed by atoms with Crippen molar-refractivity contribution in [2.75, 3.05) is 13.2 Å². The summed E-state index contributed by atoms with van der Waals surface area (Å²) in [7, 11) is 0. The molecule has 0 N–H and O–H groups in total. The van der Waals surface area contributed by atoms with Crippen molar-refractivity contribution in [1.82, 2.24) is 4.57 Å². The molecule has 0 aliphatic carbocycles. The fraction of sp³-hybridized carbons (Fsp3) is 0.263. The van der Waals surface area contributed by atoms with Crippen LogP contribution in [0.25, 0.3) is 10.2 Å². The van der Waals surface area contributed by atoms with Gasteiger partial charge in [0.2, 0.25) is 0 Å². The lowest BCUT2D eigenvalue weighted by Gasteiger charge is -2.05. The molecule has 156 valence electrons. The van der Waals surface area contributed by atoms with E-state index < -0.39 is 27.1 Å². The molecule has 0 saturated heterocycles. The van der Waals surface area contributed by atoms with Crippen LogP contribution in [0.3, 0.4) is 0 Å². The van der Waals surface area contributed by atoms with E-state index >= 15 is 0 Å². The molecule has 30 heavy (non-hydrogen) atoms. The van der Waals surface area contributed by atoms with Gasteiger partial charge in [0.15, 0.2) is 4.80 Å². The summed E-state index contributed by atoms with van der Waals surface area (Å²) >= 11 is 1.29. The van der Waals surface area contributed by atoms with Crippen LogP contribution < -0.4 is 4.80 Å². The van der Waals surface area contributed by atoms with Crippen LogP contribution in [0, 0.1) is 27.2 Å². The predicted octanol–water partition coefficient (Wildman–Crippen LogP) is 3.61. The smallest absolute Gasteiger partial charge is 0.280 e. The number of carbonyl (C=O) groups is 1. The number of non-ortho nitro benzene ring substituents is 2. The molecule has 0 aliphatic heterocycles. The fourth-order valence-corrected chi connectivity index (χ4v) is 4.02. The Morgan fingerprint density at radius 3 is 2.40 bits per heavy atom. The van der Waals surface area contributed by atoms with E-state index in [1.54, 1.807) is 0 Å². The minimum atomic E-state index is -0.796. The van der Waals surface area contributed by atoms with Crippen LogP contribution >= 0.6 is 11.3 Å². The Bertz CT molecular complexity index is 1180. The Balaban J connectivity index is 2.11. The number of aryl methyl sites for hydroxylation is 1. The Labute approximate surface area is 174 Å². The lowest BCUT2D eigenvalue weighted by atomic mass is 10.1. The number of amides is 1. The maximum atomic E-state index is 12.7. The third-order valence-corrected chi connectivity index (χ3v) is 5.31. The van der Waals surface area contributed by atoms with Crippen LogP contribution in [-0.4, -0.2) is 33.5 Å². The third-order valence-electron chi connectivity index (χ3n) is 4.27. The summed E-state index contributed by atoms with van der Waals surface area (Å²) in [6.45, 7) is 5.25. The molecule has 1 heterocycles. The molecule has 11 heteroatoms. The molecule has 3 aromatic rings. The van der Waals surface area contributed by atoms with Crippen molar-refractivity contribution in [1.29, 1.82) is 0 Å². The van der Waals surface area contributed by atoms with E-state index in [9.17, 15) is 25.0 Å². The summed E-state index contributed by atoms with van der Waals surface area (Å²) in [5.74, 6) is -0.796. The molecule has 0 saturated carbocycles. The first-order valence-corrected chi connectivity index (χ1v) is 9.82. The average Bonchev–Trinajstić information content (AvgIpc) is 3.03. The number of nitro benzene ring substituents is 2. The monoisotopic (exact) mass is 430 g/mol. The van der Waals surface area contributed by atoms with Crippen molar-refractivity contribution in [3.05, 3.63) is 72.6 Å². The van der Waals surface area contributed by atoms with E-state index in [0.29, 0.717) is 24.6 Å². The molecule has 10 nitrogen and oxygen atoms in total. The van der Waals surface area contributed by atoms with Crippen LogP contribution in [0.5, 0.6) is 0 Å². The zero-order chi connectivity index (χ0) is 21.8. The van der Waals surface area contributed by atoms with E-state index in [0.717, 1.165) is 34.0 Å². The van der Waals surface area contributed by atoms with E-state index in [-0.39, 0.29) is 5.56 Å². The summed E-state index contributed by atoms with van der Waals surface area (Å²) < 4.78 is 8.17. The van der Waals surface area contributed by atoms with E-state index in [1.165, 1.54) is 11.3 Å². The quantitative estimate of drug-likeness (QED) is 0.320. The van der Waals surface area contributed by atoms with Crippen molar-refractivity contribution >= 4 is 38.8 Å². The summed E-state index contributed by atoms with van der Waals surface area (Å²) in [6, 6.07) is 8.62. The van der Waals surface area contributed by atoms with E-state index in [1.807, 2.05) is 36.6 Å². The van der Waals surface area contributed by atoms with Crippen LogP contribution in [0.1, 0.15) is 22.8 Å². The van der Waals surface area contributed by atoms with Crippen LogP contribution in [0.2, 0.25) is 0 Å². The highest BCUT2D eigenvalue weighted by molar-refractivity contribution is 7.16. The molecule has 3 rings (SSSR count). The van der Waals surface area contributed by atoms with Gasteiger partial charge >= 0.3 is 0 Å². The van der Waals surface area contributed by atoms with Gasteiger partial charge in [-0.1, -0.05) is 17.4 Å². The molecule has 1 amide bonds. The van der Waals surface area contributed by atoms with Crippen molar-refractivity contribution in [3.63, 3.8) is 0 Å². The van der Waals surface area contributed by atoms with Gasteiger partial charge in [0.25, 0.3) is 17.3 Å². The average molecular weight is 430 g/mol. The van der Waals surface area contributed by atoms with Crippen LogP contribution in [0.4, 0.5) is 11.4 Å². The SMILES string of the molecule is CCOCCn1c(=NC(=O)c2cc([N+](=O)[O-])cc([N+](=O)[O-])c2)sc2cc(C)ccc21. The van der Waals surface area contributed by atoms with Gasteiger partial charge in [-0.2, -0.15) is 4.99 Å². The number of aromatic nitrogens is 1. The minimum absolute atomic E-state index is 0.221. The number of fused-ring (bicyclic) bond motifs is 1. The van der Waals surface area contributed by atoms with Crippen molar-refractivity contribution in [2.45, 2.75) is 20.4 Å². The number of rotatable bonds is 7. The van der Waals surface area contributed by atoms with Gasteiger partial charge in [-0.15, -0.1) is 0 Å². The number of thiazole rings is 1. The Hall–Kier alpha value is -3.44. The fourth-order valence-electron chi connectivity index (χ4n) is 2.86. The number of nitrogens with zero attached hydrogens (tertiary/aromatic N) is 4. The number of benzene rings is 2. The number of carbonyl (C=O) groups excluding carboxylic acids is 1. The molecule has 0 aliphatic rings. The Morgan fingerprint density at radius 1 is 1.13 bits per heavy atom. The topological polar surface area (TPSA) is 130 Å². The van der Waals surface area contributed by atoms with Crippen LogP contribution in [0.15, 0.2) is 41.4 Å². The number of hydrogen-bond acceptors (Lipinski definition) is 7. The molecule has 0 fully saturated rings. The van der Waals surface area contributed by atoms with Gasteiger partial charge in [-0.25, -0.2) is 0 Å². The molecule has 2 aromatic carbocycles. The van der Waals surface area contributed by atoms with Gasteiger partial charge in [-0.3, -0.25) is 25.0 Å². The lowest BCUT2D eigenvalue weighted by Crippen LogP contribution is -2.19. The number of nitro groups is 2. The molecule has 0 unspecified atom stereocenters. The highest BCUT2D eigenvalue weighted by Crippen LogP contribution is 2.24. The van der Waals surface area contributed by atoms with Gasteiger partial charge in [0, 0.05) is 25.3 Å². The minimum Gasteiger partial charge on any atom is -0.380 e. The summed E-state index contributed by atoms with van der Waals surface area (Å²) in [5.41, 5.74) is 0.619. The van der Waals surface area contributed by atoms with Gasteiger partial charge in [0.1, 0.15) is 0 Å². The first-order chi connectivity index (χ1) is 14.3. The van der Waals surface area contributed by atoms with Gasteiger partial charge in [-0.05, 0) is 31.5 Å². The highest BCUT2D eigenvalue weighted by atomic mass is 32.1. The van der Waals surface area contributed by atoms with Crippen molar-refractivity contribution in [2.24, 2.45) is 4.99 Å². The second-order valence-corrected chi connectivity index (χ2v) is 7.38. The maximum absolute atomic E-state index is 12.7. The number of hydrogen-bond donors (Lipinski definition) is 0. The molecule has 1 aromatic heterocycles. The molecule has 0 radical (unpaired) electrons. The Kier molecular flexibility index (Phi) is 6.33. The molecule has 0 bridgehead atoms. The first-order valence-electron chi connectivity index (χ1n) is 9.01. The van der Waals surface area contributed by atoms with Gasteiger partial charge < -0.3 is 9.30 Å². The van der Waals surface area contributed by atoms with Gasteiger partial charge in [0.05, 0.1) is 38.3 Å². The second kappa shape index (κ2) is 8.93.